The SMILES string of the molecule is COc1c(F)ccc(F)c1C(C)O. The van der Waals surface area contributed by atoms with E-state index in [1.54, 1.807) is 0 Å². The van der Waals surface area contributed by atoms with Gasteiger partial charge in [-0.05, 0) is 19.1 Å². The predicted molar refractivity (Wildman–Crippen MR) is 43.5 cm³/mol. The zero-order valence-electron chi connectivity index (χ0n) is 7.34. The number of benzene rings is 1. The van der Waals surface area contributed by atoms with Crippen molar-refractivity contribution in [3.63, 3.8) is 0 Å². The van der Waals surface area contributed by atoms with Crippen LogP contribution in [0, 0.1) is 11.6 Å². The average molecular weight is 188 g/mol. The van der Waals surface area contributed by atoms with Crippen molar-refractivity contribution in [2.45, 2.75) is 13.0 Å². The molecule has 0 aliphatic heterocycles. The first-order valence-corrected chi connectivity index (χ1v) is 3.78. The Morgan fingerprint density at radius 1 is 1.31 bits per heavy atom. The molecule has 0 saturated heterocycles. The van der Waals surface area contributed by atoms with E-state index in [-0.39, 0.29) is 11.3 Å². The summed E-state index contributed by atoms with van der Waals surface area (Å²) in [6.45, 7) is 1.35. The van der Waals surface area contributed by atoms with Gasteiger partial charge in [0.2, 0.25) is 0 Å². The van der Waals surface area contributed by atoms with Gasteiger partial charge in [-0.2, -0.15) is 0 Å². The second-order valence-electron chi connectivity index (χ2n) is 2.65. The fourth-order valence-corrected chi connectivity index (χ4v) is 1.15. The molecule has 13 heavy (non-hydrogen) atoms. The number of hydrogen-bond donors (Lipinski definition) is 1. The lowest BCUT2D eigenvalue weighted by atomic mass is 10.1. The van der Waals surface area contributed by atoms with E-state index in [2.05, 4.69) is 4.74 Å². The normalized spacial score (nSPS) is 12.7. The van der Waals surface area contributed by atoms with E-state index in [0.717, 1.165) is 12.1 Å². The molecule has 0 amide bonds. The first kappa shape index (κ1) is 9.92. The first-order chi connectivity index (χ1) is 6.07. The molecule has 0 spiro atoms. The highest BCUT2D eigenvalue weighted by Gasteiger charge is 2.18. The third-order valence-corrected chi connectivity index (χ3v) is 1.72. The van der Waals surface area contributed by atoms with E-state index in [4.69, 9.17) is 5.11 Å². The van der Waals surface area contributed by atoms with Crippen LogP contribution < -0.4 is 4.74 Å². The summed E-state index contributed by atoms with van der Waals surface area (Å²) in [5, 5.41) is 9.15. The molecule has 1 atom stereocenters. The molecule has 0 aromatic heterocycles. The van der Waals surface area contributed by atoms with Crippen molar-refractivity contribution < 1.29 is 18.6 Å². The van der Waals surface area contributed by atoms with Gasteiger partial charge in [-0.1, -0.05) is 0 Å². The fraction of sp³-hybridized carbons (Fsp3) is 0.333. The molecule has 0 aliphatic rings. The first-order valence-electron chi connectivity index (χ1n) is 3.78. The molecule has 2 nitrogen and oxygen atoms in total. The molecule has 72 valence electrons. The van der Waals surface area contributed by atoms with Gasteiger partial charge in [0.15, 0.2) is 11.6 Å². The van der Waals surface area contributed by atoms with Gasteiger partial charge in [0.25, 0.3) is 0 Å². The summed E-state index contributed by atoms with van der Waals surface area (Å²) in [6.07, 6.45) is -1.09. The second-order valence-corrected chi connectivity index (χ2v) is 2.65. The van der Waals surface area contributed by atoms with E-state index in [0.29, 0.717) is 0 Å². The summed E-state index contributed by atoms with van der Waals surface area (Å²) in [6, 6.07) is 1.92. The van der Waals surface area contributed by atoms with Crippen molar-refractivity contribution >= 4 is 0 Å². The van der Waals surface area contributed by atoms with Gasteiger partial charge >= 0.3 is 0 Å². The topological polar surface area (TPSA) is 29.5 Å². The van der Waals surface area contributed by atoms with Crippen LogP contribution in [0.3, 0.4) is 0 Å². The van der Waals surface area contributed by atoms with Gasteiger partial charge < -0.3 is 9.84 Å². The number of aliphatic hydroxyl groups is 1. The van der Waals surface area contributed by atoms with E-state index in [1.165, 1.54) is 14.0 Å². The molecule has 0 fully saturated rings. The molecular weight excluding hydrogens is 178 g/mol. The maximum atomic E-state index is 13.1. The van der Waals surface area contributed by atoms with Crippen LogP contribution in [0.4, 0.5) is 8.78 Å². The van der Waals surface area contributed by atoms with Gasteiger partial charge in [0, 0.05) is 0 Å². The van der Waals surface area contributed by atoms with Crippen LogP contribution in [0.1, 0.15) is 18.6 Å². The van der Waals surface area contributed by atoms with Crippen molar-refractivity contribution in [2.75, 3.05) is 7.11 Å². The quantitative estimate of drug-likeness (QED) is 0.769. The minimum atomic E-state index is -1.09. The Bertz CT molecular complexity index is 311. The van der Waals surface area contributed by atoms with Crippen LogP contribution in [0.15, 0.2) is 12.1 Å². The monoisotopic (exact) mass is 188 g/mol. The molecule has 1 N–H and O–H groups in total. The highest BCUT2D eigenvalue weighted by atomic mass is 19.1. The van der Waals surface area contributed by atoms with Crippen molar-refractivity contribution in [3.05, 3.63) is 29.3 Å². The molecule has 0 bridgehead atoms. The molecule has 0 heterocycles. The Labute approximate surface area is 74.8 Å². The van der Waals surface area contributed by atoms with Crippen LogP contribution in [-0.2, 0) is 0 Å². The molecule has 0 aliphatic carbocycles. The Balaban J connectivity index is 3.35. The van der Waals surface area contributed by atoms with E-state index >= 15 is 0 Å². The van der Waals surface area contributed by atoms with Crippen molar-refractivity contribution in [1.82, 2.24) is 0 Å². The highest BCUT2D eigenvalue weighted by Crippen LogP contribution is 2.30. The van der Waals surface area contributed by atoms with Crippen molar-refractivity contribution in [3.8, 4) is 5.75 Å². The minimum Gasteiger partial charge on any atom is -0.493 e. The fourth-order valence-electron chi connectivity index (χ4n) is 1.15. The molecule has 1 unspecified atom stereocenters. The summed E-state index contributed by atoms with van der Waals surface area (Å²) in [5.41, 5.74) is -0.150. The van der Waals surface area contributed by atoms with Crippen LogP contribution in [0.2, 0.25) is 0 Å². The summed E-state index contributed by atoms with van der Waals surface area (Å²) < 4.78 is 30.7. The second kappa shape index (κ2) is 3.70. The van der Waals surface area contributed by atoms with Gasteiger partial charge in [0.1, 0.15) is 5.82 Å². The number of halogens is 2. The Morgan fingerprint density at radius 3 is 2.23 bits per heavy atom. The summed E-state index contributed by atoms with van der Waals surface area (Å²) in [7, 11) is 1.23. The lowest BCUT2D eigenvalue weighted by molar-refractivity contribution is 0.187. The maximum absolute atomic E-state index is 13.1. The Hall–Kier alpha value is -1.16. The van der Waals surface area contributed by atoms with Gasteiger partial charge in [-0.15, -0.1) is 0 Å². The van der Waals surface area contributed by atoms with E-state index in [1.807, 2.05) is 0 Å². The number of ether oxygens (including phenoxy) is 1. The van der Waals surface area contributed by atoms with Crippen molar-refractivity contribution in [1.29, 1.82) is 0 Å². The molecule has 0 radical (unpaired) electrons. The summed E-state index contributed by atoms with van der Waals surface area (Å²) >= 11 is 0. The number of hydrogen-bond acceptors (Lipinski definition) is 2. The van der Waals surface area contributed by atoms with Gasteiger partial charge in [-0.3, -0.25) is 0 Å². The van der Waals surface area contributed by atoms with E-state index < -0.39 is 17.7 Å². The predicted octanol–water partition coefficient (Wildman–Crippen LogP) is 2.03. The Morgan fingerprint density at radius 2 is 1.85 bits per heavy atom. The van der Waals surface area contributed by atoms with Crippen molar-refractivity contribution in [2.24, 2.45) is 0 Å². The van der Waals surface area contributed by atoms with Gasteiger partial charge in [0.05, 0.1) is 18.8 Å². The third-order valence-electron chi connectivity index (χ3n) is 1.72. The molecule has 1 aromatic rings. The summed E-state index contributed by atoms with van der Waals surface area (Å²) in [5.74, 6) is -1.59. The zero-order chi connectivity index (χ0) is 10.0. The molecule has 1 rings (SSSR count). The van der Waals surface area contributed by atoms with Crippen LogP contribution in [0.5, 0.6) is 5.75 Å². The Kier molecular flexibility index (Phi) is 2.83. The largest absolute Gasteiger partial charge is 0.493 e. The highest BCUT2D eigenvalue weighted by molar-refractivity contribution is 5.37. The lowest BCUT2D eigenvalue weighted by Crippen LogP contribution is -2.02. The lowest BCUT2D eigenvalue weighted by Gasteiger charge is -2.12. The number of rotatable bonds is 2. The molecule has 0 saturated carbocycles. The van der Waals surface area contributed by atoms with Gasteiger partial charge in [-0.25, -0.2) is 8.78 Å². The van der Waals surface area contributed by atoms with Crippen LogP contribution in [-0.4, -0.2) is 12.2 Å². The minimum absolute atomic E-state index is 0.150. The van der Waals surface area contributed by atoms with Crippen LogP contribution in [0.25, 0.3) is 0 Å². The van der Waals surface area contributed by atoms with Crippen LogP contribution >= 0.6 is 0 Å². The zero-order valence-corrected chi connectivity index (χ0v) is 7.34. The number of aliphatic hydroxyl groups excluding tert-OH is 1. The average Bonchev–Trinajstić information content (AvgIpc) is 2.07. The third kappa shape index (κ3) is 1.78. The molecular formula is C9H10F2O2. The summed E-state index contributed by atoms with van der Waals surface area (Å²) in [4.78, 5) is 0. The maximum Gasteiger partial charge on any atom is 0.165 e. The standard InChI is InChI=1S/C9H10F2O2/c1-5(12)8-6(10)3-4-7(11)9(8)13-2/h3-5,12H,1-2H3. The molecule has 4 heteroatoms. The van der Waals surface area contributed by atoms with E-state index in [9.17, 15) is 8.78 Å². The smallest absolute Gasteiger partial charge is 0.165 e. The molecule has 1 aromatic carbocycles. The number of methoxy groups -OCH3 is 1.